The third kappa shape index (κ3) is 9.77. The van der Waals surface area contributed by atoms with Gasteiger partial charge in [-0.15, -0.1) is 0 Å². The van der Waals surface area contributed by atoms with Crippen LogP contribution in [-0.4, -0.2) is 6.10 Å². The van der Waals surface area contributed by atoms with Crippen molar-refractivity contribution in [2.24, 2.45) is 0 Å². The molecule has 0 aliphatic heterocycles. The van der Waals surface area contributed by atoms with E-state index in [1.54, 1.807) is 0 Å². The van der Waals surface area contributed by atoms with Crippen LogP contribution in [0.5, 0.6) is 0 Å². The maximum Gasteiger partial charge on any atom is 0.0936 e. The molecular formula is C10H21FO2. The molecule has 0 saturated heterocycles. The van der Waals surface area contributed by atoms with Gasteiger partial charge in [-0.05, 0) is 23.0 Å². The molecule has 1 atom stereocenters. The quantitative estimate of drug-likeness (QED) is 0.313. The molecule has 0 aromatic carbocycles. The number of rotatable bonds is 9. The van der Waals surface area contributed by atoms with Crippen LogP contribution in [0.1, 0.15) is 58.8 Å². The van der Waals surface area contributed by atoms with Crippen molar-refractivity contribution in [1.82, 2.24) is 0 Å². The first kappa shape index (κ1) is 12.8. The van der Waals surface area contributed by atoms with Crippen LogP contribution < -0.4 is 0 Å². The molecule has 0 aliphatic rings. The summed E-state index contributed by atoms with van der Waals surface area (Å²) in [5.41, 5.74) is 0. The third-order valence-corrected chi connectivity index (χ3v) is 2.16. The molecule has 0 radical (unpaired) electrons. The van der Waals surface area contributed by atoms with Gasteiger partial charge in [0.05, 0.1) is 6.10 Å². The van der Waals surface area contributed by atoms with Gasteiger partial charge in [0.2, 0.25) is 0 Å². The van der Waals surface area contributed by atoms with Crippen LogP contribution in [0.15, 0.2) is 0 Å². The molecule has 0 rings (SSSR count). The van der Waals surface area contributed by atoms with E-state index < -0.39 is 0 Å². The second kappa shape index (κ2) is 9.93. The Hall–Kier alpha value is -0.150. The predicted molar refractivity (Wildman–Crippen MR) is 50.7 cm³/mol. The van der Waals surface area contributed by atoms with Crippen molar-refractivity contribution in [1.29, 1.82) is 0 Å². The Kier molecular flexibility index (Phi) is 9.82. The fraction of sp³-hybridized carbons (Fsp3) is 1.00. The molecule has 80 valence electrons. The number of unbranched alkanes of at least 4 members (excludes halogenated alkanes) is 5. The van der Waals surface area contributed by atoms with E-state index in [4.69, 9.17) is 0 Å². The van der Waals surface area contributed by atoms with E-state index in [0.717, 1.165) is 12.8 Å². The van der Waals surface area contributed by atoms with E-state index in [-0.39, 0.29) is 6.10 Å². The number of hydrogen-bond donors (Lipinski definition) is 0. The molecule has 0 bridgehead atoms. The fourth-order valence-corrected chi connectivity index (χ4v) is 1.32. The van der Waals surface area contributed by atoms with Crippen LogP contribution in [0, 0.1) is 0 Å². The summed E-state index contributed by atoms with van der Waals surface area (Å²) >= 11 is 0. The first-order valence-electron chi connectivity index (χ1n) is 5.25. The van der Waals surface area contributed by atoms with Gasteiger partial charge in [0.15, 0.2) is 0 Å². The highest BCUT2D eigenvalue weighted by atomic mass is 19.3. The van der Waals surface area contributed by atoms with Crippen LogP contribution in [0.25, 0.3) is 0 Å². The van der Waals surface area contributed by atoms with Crippen LogP contribution in [0.2, 0.25) is 0 Å². The van der Waals surface area contributed by atoms with Gasteiger partial charge in [0.25, 0.3) is 0 Å². The van der Waals surface area contributed by atoms with Gasteiger partial charge >= 0.3 is 0 Å². The summed E-state index contributed by atoms with van der Waals surface area (Å²) in [7, 11) is 0. The Labute approximate surface area is 80.2 Å². The summed E-state index contributed by atoms with van der Waals surface area (Å²) in [6, 6.07) is 0. The van der Waals surface area contributed by atoms with E-state index in [0.29, 0.717) is 0 Å². The van der Waals surface area contributed by atoms with Crippen molar-refractivity contribution in [3.8, 4) is 0 Å². The predicted octanol–water partition coefficient (Wildman–Crippen LogP) is 3.96. The first-order chi connectivity index (χ1) is 6.31. The molecular weight excluding hydrogens is 171 g/mol. The lowest BCUT2D eigenvalue weighted by Crippen LogP contribution is -2.05. The molecule has 0 amide bonds. The van der Waals surface area contributed by atoms with Gasteiger partial charge in [-0.1, -0.05) is 45.4 Å². The topological polar surface area (TPSA) is 18.5 Å². The van der Waals surface area contributed by atoms with Crippen molar-refractivity contribution >= 4 is 0 Å². The van der Waals surface area contributed by atoms with Crippen molar-refractivity contribution in [3.05, 3.63) is 0 Å². The van der Waals surface area contributed by atoms with Crippen LogP contribution >= 0.6 is 0 Å². The minimum absolute atomic E-state index is 0.129. The van der Waals surface area contributed by atoms with E-state index in [2.05, 4.69) is 16.9 Å². The molecule has 0 spiro atoms. The van der Waals surface area contributed by atoms with Crippen molar-refractivity contribution in [2.45, 2.75) is 64.9 Å². The third-order valence-electron chi connectivity index (χ3n) is 2.16. The summed E-state index contributed by atoms with van der Waals surface area (Å²) in [6.45, 7) is 4.01. The molecule has 2 nitrogen and oxygen atoms in total. The van der Waals surface area contributed by atoms with E-state index >= 15 is 0 Å². The molecule has 0 aromatic rings. The zero-order valence-electron chi connectivity index (χ0n) is 8.72. The lowest BCUT2D eigenvalue weighted by atomic mass is 10.1. The van der Waals surface area contributed by atoms with Crippen LogP contribution in [-0.2, 0) is 9.98 Å². The number of halogens is 1. The molecule has 0 N–H and O–H groups in total. The molecule has 1 unspecified atom stereocenters. The summed E-state index contributed by atoms with van der Waals surface area (Å²) in [4.78, 5) is 4.30. The molecule has 0 heterocycles. The Bertz CT molecular complexity index is 98.9. The van der Waals surface area contributed by atoms with Gasteiger partial charge in [-0.3, -0.25) is 0 Å². The molecule has 3 heteroatoms. The highest BCUT2D eigenvalue weighted by Crippen LogP contribution is 2.10. The normalized spacial score (nSPS) is 13.2. The summed E-state index contributed by atoms with van der Waals surface area (Å²) in [5.74, 6) is 0. The number of hydrogen-bond acceptors (Lipinski definition) is 2. The van der Waals surface area contributed by atoms with Gasteiger partial charge in [-0.2, -0.15) is 4.89 Å². The van der Waals surface area contributed by atoms with Crippen LogP contribution in [0.4, 0.5) is 4.53 Å². The first-order valence-corrected chi connectivity index (χ1v) is 5.25. The monoisotopic (exact) mass is 192 g/mol. The largest absolute Gasteiger partial charge is 0.199 e. The zero-order chi connectivity index (χ0) is 9.94. The highest BCUT2D eigenvalue weighted by molar-refractivity contribution is 4.49. The average Bonchev–Trinajstić information content (AvgIpc) is 2.11. The van der Waals surface area contributed by atoms with Crippen molar-refractivity contribution in [3.63, 3.8) is 0 Å². The fourth-order valence-electron chi connectivity index (χ4n) is 1.32. The lowest BCUT2D eigenvalue weighted by Gasteiger charge is -2.06. The Morgan fingerprint density at radius 3 is 2.31 bits per heavy atom. The molecule has 0 fully saturated rings. The minimum atomic E-state index is -0.129. The van der Waals surface area contributed by atoms with E-state index in [1.807, 2.05) is 6.92 Å². The van der Waals surface area contributed by atoms with Crippen molar-refractivity contribution < 1.29 is 14.5 Å². The Morgan fingerprint density at radius 2 is 1.69 bits per heavy atom. The van der Waals surface area contributed by atoms with E-state index in [1.165, 1.54) is 32.1 Å². The summed E-state index contributed by atoms with van der Waals surface area (Å²) < 4.78 is 11.2. The molecule has 13 heavy (non-hydrogen) atoms. The van der Waals surface area contributed by atoms with Gasteiger partial charge < -0.3 is 0 Å². The van der Waals surface area contributed by atoms with Gasteiger partial charge in [0, 0.05) is 0 Å². The Balaban J connectivity index is 2.97. The van der Waals surface area contributed by atoms with E-state index in [9.17, 15) is 4.53 Å². The highest BCUT2D eigenvalue weighted by Gasteiger charge is 2.02. The summed E-state index contributed by atoms with van der Waals surface area (Å²) in [6.07, 6.45) is 8.22. The average molecular weight is 192 g/mol. The molecule has 0 saturated carbocycles. The maximum atomic E-state index is 11.2. The Morgan fingerprint density at radius 1 is 1.08 bits per heavy atom. The zero-order valence-corrected chi connectivity index (χ0v) is 8.72. The van der Waals surface area contributed by atoms with Gasteiger partial charge in [0.1, 0.15) is 0 Å². The second-order valence-corrected chi connectivity index (χ2v) is 3.53. The van der Waals surface area contributed by atoms with Crippen molar-refractivity contribution in [2.75, 3.05) is 0 Å². The standard InChI is InChI=1S/C10H21FO2/c1-3-4-5-6-7-8-9-10(2)12-13-11/h10H,3-9H2,1-2H3. The second-order valence-electron chi connectivity index (χ2n) is 3.53. The minimum Gasteiger partial charge on any atom is -0.199 e. The molecule has 0 aromatic heterocycles. The molecule has 0 aliphatic carbocycles. The summed E-state index contributed by atoms with van der Waals surface area (Å²) in [5, 5.41) is 3.10. The lowest BCUT2D eigenvalue weighted by molar-refractivity contribution is -0.447. The smallest absolute Gasteiger partial charge is 0.0936 e. The maximum absolute atomic E-state index is 11.2. The van der Waals surface area contributed by atoms with Gasteiger partial charge in [-0.25, -0.2) is 0 Å². The van der Waals surface area contributed by atoms with Crippen LogP contribution in [0.3, 0.4) is 0 Å². The SMILES string of the molecule is CCCCCCCCC(C)OOF.